The van der Waals surface area contributed by atoms with E-state index in [2.05, 4.69) is 40.3 Å². The molecule has 0 spiro atoms. The largest absolute Gasteiger partial charge is 0.381 e. The molecule has 0 bridgehead atoms. The van der Waals surface area contributed by atoms with E-state index in [1.54, 1.807) is 24.3 Å². The maximum absolute atomic E-state index is 13.6. The van der Waals surface area contributed by atoms with Crippen LogP contribution in [0.4, 0.5) is 14.5 Å². The summed E-state index contributed by atoms with van der Waals surface area (Å²) >= 11 is 0. The van der Waals surface area contributed by atoms with Crippen molar-refractivity contribution < 1.29 is 8.78 Å². The quantitative estimate of drug-likeness (QED) is 0.369. The lowest BCUT2D eigenvalue weighted by molar-refractivity contribution is 0.104. The fourth-order valence-electron chi connectivity index (χ4n) is 4.99. The highest BCUT2D eigenvalue weighted by Crippen LogP contribution is 2.30. The van der Waals surface area contributed by atoms with E-state index in [1.165, 1.54) is 24.3 Å². The minimum atomic E-state index is -0.277. The number of benzene rings is 2. The molecule has 0 amide bonds. The Labute approximate surface area is 224 Å². The van der Waals surface area contributed by atoms with Crippen molar-refractivity contribution in [2.24, 2.45) is 0 Å². The van der Waals surface area contributed by atoms with E-state index < -0.39 is 0 Å². The lowest BCUT2D eigenvalue weighted by Crippen LogP contribution is -2.47. The van der Waals surface area contributed by atoms with E-state index in [4.69, 9.17) is 0 Å². The molecule has 38 heavy (non-hydrogen) atoms. The molecule has 202 valence electrons. The molecule has 0 aliphatic carbocycles. The summed E-state index contributed by atoms with van der Waals surface area (Å²) in [6.45, 7) is 9.43. The molecule has 3 aromatic carbocycles. The van der Waals surface area contributed by atoms with Crippen molar-refractivity contribution in [3.63, 3.8) is 0 Å². The third-order valence-corrected chi connectivity index (χ3v) is 7.22. The number of rotatable bonds is 10. The molecule has 0 atom stereocenters. The maximum atomic E-state index is 13.6. The van der Waals surface area contributed by atoms with Crippen LogP contribution in [0.1, 0.15) is 48.1 Å². The second kappa shape index (κ2) is 13.1. The molecule has 1 aliphatic rings. The normalized spacial score (nSPS) is 14.8. The van der Waals surface area contributed by atoms with Gasteiger partial charge in [0.15, 0.2) is 0 Å². The van der Waals surface area contributed by atoms with Crippen molar-refractivity contribution in [2.75, 3.05) is 51.6 Å². The Morgan fingerprint density at radius 3 is 1.87 bits per heavy atom. The highest BCUT2D eigenvalue weighted by Gasteiger charge is 2.27. The van der Waals surface area contributed by atoms with Gasteiger partial charge in [-0.05, 0) is 60.0 Å². The van der Waals surface area contributed by atoms with Crippen LogP contribution >= 0.6 is 0 Å². The van der Waals surface area contributed by atoms with Crippen LogP contribution in [-0.2, 0) is 6.54 Å². The van der Waals surface area contributed by atoms with Gasteiger partial charge in [0.05, 0.1) is 11.7 Å². The highest BCUT2D eigenvalue weighted by molar-refractivity contribution is 5.48. The van der Waals surface area contributed by atoms with Gasteiger partial charge < -0.3 is 10.6 Å². The van der Waals surface area contributed by atoms with E-state index in [1.807, 2.05) is 19.2 Å². The Balaban J connectivity index is 1.51. The topological polar surface area (TPSA) is 47.6 Å². The molecular weight excluding hydrogens is 482 g/mol. The fraction of sp³-hybridized carbons (Fsp3) is 0.387. The average Bonchev–Trinajstić information content (AvgIpc) is 3.06. The predicted octanol–water partition coefficient (Wildman–Crippen LogP) is 4.99. The molecule has 5 nitrogen and oxygen atoms in total. The molecule has 1 heterocycles. The SMILES string of the molecule is CNCCNc1cc(C(C)C)ccc(CN2CCN(C(c3ccc(F)cc3)c3ccc(F)cc3)CC2)c1=O. The van der Waals surface area contributed by atoms with Gasteiger partial charge in [0.25, 0.3) is 0 Å². The number of halogens is 2. The number of piperazine rings is 1. The summed E-state index contributed by atoms with van der Waals surface area (Å²) in [6, 6.07) is 19.0. The van der Waals surface area contributed by atoms with E-state index in [0.29, 0.717) is 24.7 Å². The predicted molar refractivity (Wildman–Crippen MR) is 151 cm³/mol. The third kappa shape index (κ3) is 7.04. The van der Waals surface area contributed by atoms with E-state index in [0.717, 1.165) is 55.0 Å². The molecule has 1 saturated heterocycles. The fourth-order valence-corrected chi connectivity index (χ4v) is 4.99. The van der Waals surface area contributed by atoms with E-state index in [-0.39, 0.29) is 23.1 Å². The summed E-state index contributed by atoms with van der Waals surface area (Å²) in [5.74, 6) is -0.236. The first-order valence-corrected chi connectivity index (χ1v) is 13.4. The number of nitrogens with zero attached hydrogens (tertiary/aromatic N) is 2. The first-order chi connectivity index (χ1) is 18.4. The Kier molecular flexibility index (Phi) is 9.61. The number of nitrogens with one attached hydrogen (secondary N) is 2. The molecule has 2 N–H and O–H groups in total. The number of anilines is 1. The number of hydrogen-bond donors (Lipinski definition) is 2. The Morgan fingerprint density at radius 1 is 0.789 bits per heavy atom. The van der Waals surface area contributed by atoms with Crippen molar-refractivity contribution in [3.05, 3.63) is 111 Å². The summed E-state index contributed by atoms with van der Waals surface area (Å²) in [5, 5.41) is 6.43. The zero-order valence-corrected chi connectivity index (χ0v) is 22.5. The van der Waals surface area contributed by atoms with Gasteiger partial charge >= 0.3 is 0 Å². The lowest BCUT2D eigenvalue weighted by Gasteiger charge is -2.39. The standard InChI is InChI=1S/C31H38F2N4O/c1-22(2)25-4-5-26(31(38)29(20-25)35-15-14-34-3)21-36-16-18-37(19-17-36)30(23-6-10-27(32)11-7-23)24-8-12-28(33)13-9-24/h4-13,20,22,30,34H,14-19,21H2,1-3H3,(H,35,38). The van der Waals surface area contributed by atoms with Crippen LogP contribution in [0.2, 0.25) is 0 Å². The Morgan fingerprint density at radius 2 is 1.34 bits per heavy atom. The smallest absolute Gasteiger partial charge is 0.206 e. The monoisotopic (exact) mass is 520 g/mol. The summed E-state index contributed by atoms with van der Waals surface area (Å²) in [6.07, 6.45) is 0. The number of likely N-dealkylation sites (N-methyl/N-ethyl adjacent to an activating group) is 1. The van der Waals surface area contributed by atoms with Crippen LogP contribution < -0.4 is 16.1 Å². The van der Waals surface area contributed by atoms with E-state index >= 15 is 0 Å². The van der Waals surface area contributed by atoms with Crippen LogP contribution in [0.25, 0.3) is 0 Å². The molecule has 3 aromatic rings. The van der Waals surface area contributed by atoms with Crippen molar-refractivity contribution in [3.8, 4) is 0 Å². The molecule has 7 heteroatoms. The average molecular weight is 521 g/mol. The molecule has 1 fully saturated rings. The molecule has 4 rings (SSSR count). The molecule has 0 saturated carbocycles. The maximum Gasteiger partial charge on any atom is 0.206 e. The molecule has 0 radical (unpaired) electrons. The summed E-state index contributed by atoms with van der Waals surface area (Å²) in [7, 11) is 1.89. The first-order valence-electron chi connectivity index (χ1n) is 13.4. The van der Waals surface area contributed by atoms with Crippen LogP contribution in [0.5, 0.6) is 0 Å². The molecular formula is C31H38F2N4O. The van der Waals surface area contributed by atoms with Crippen molar-refractivity contribution in [1.29, 1.82) is 0 Å². The molecule has 0 aromatic heterocycles. The minimum Gasteiger partial charge on any atom is -0.381 e. The second-order valence-electron chi connectivity index (χ2n) is 10.2. The summed E-state index contributed by atoms with van der Waals surface area (Å²) in [4.78, 5) is 18.1. The van der Waals surface area contributed by atoms with Crippen LogP contribution in [0.15, 0.2) is 71.5 Å². The van der Waals surface area contributed by atoms with Crippen LogP contribution in [0.3, 0.4) is 0 Å². The summed E-state index contributed by atoms with van der Waals surface area (Å²) < 4.78 is 27.3. The third-order valence-electron chi connectivity index (χ3n) is 7.22. The van der Waals surface area contributed by atoms with Gasteiger partial charge in [-0.25, -0.2) is 8.78 Å². The van der Waals surface area contributed by atoms with Crippen LogP contribution in [-0.4, -0.2) is 56.1 Å². The zero-order chi connectivity index (χ0) is 27.1. The summed E-state index contributed by atoms with van der Waals surface area (Å²) in [5.41, 5.74) is 4.56. The van der Waals surface area contributed by atoms with Crippen molar-refractivity contribution in [2.45, 2.75) is 32.4 Å². The van der Waals surface area contributed by atoms with Gasteiger partial charge in [0, 0.05) is 51.4 Å². The lowest BCUT2D eigenvalue weighted by atomic mass is 9.96. The first kappa shape index (κ1) is 27.9. The van der Waals surface area contributed by atoms with Crippen LogP contribution in [0, 0.1) is 11.6 Å². The Bertz CT molecular complexity index is 1190. The van der Waals surface area contributed by atoms with Crippen molar-refractivity contribution in [1.82, 2.24) is 15.1 Å². The highest BCUT2D eigenvalue weighted by atomic mass is 19.1. The minimum absolute atomic E-state index is 0.0472. The van der Waals surface area contributed by atoms with Gasteiger partial charge in [0.2, 0.25) is 5.43 Å². The van der Waals surface area contributed by atoms with Gasteiger partial charge in [-0.15, -0.1) is 0 Å². The molecule has 0 unspecified atom stereocenters. The zero-order valence-electron chi connectivity index (χ0n) is 22.5. The van der Waals surface area contributed by atoms with Gasteiger partial charge in [0.1, 0.15) is 11.6 Å². The molecule has 1 aliphatic heterocycles. The van der Waals surface area contributed by atoms with Gasteiger partial charge in [-0.1, -0.05) is 50.2 Å². The van der Waals surface area contributed by atoms with Gasteiger partial charge in [-0.3, -0.25) is 14.6 Å². The van der Waals surface area contributed by atoms with Crippen molar-refractivity contribution >= 4 is 5.69 Å². The Hall–Kier alpha value is -3.13. The number of hydrogen-bond acceptors (Lipinski definition) is 5. The van der Waals surface area contributed by atoms with E-state index in [9.17, 15) is 13.6 Å². The second-order valence-corrected chi connectivity index (χ2v) is 10.2. The van der Waals surface area contributed by atoms with Gasteiger partial charge in [-0.2, -0.15) is 0 Å².